The molecule has 0 amide bonds. The van der Waals surface area contributed by atoms with E-state index in [4.69, 9.17) is 5.84 Å². The Labute approximate surface area is 105 Å². The second kappa shape index (κ2) is 4.43. The maximum atomic E-state index is 5.73. The molecule has 2 rings (SSSR count). The molecule has 0 spiro atoms. The number of rotatable bonds is 4. The Morgan fingerprint density at radius 1 is 1.24 bits per heavy atom. The Hall–Kier alpha value is -0.860. The Morgan fingerprint density at radius 2 is 1.76 bits per heavy atom. The monoisotopic (exact) mass is 232 g/mol. The van der Waals surface area contributed by atoms with E-state index in [-0.39, 0.29) is 0 Å². The molecule has 1 fully saturated rings. The van der Waals surface area contributed by atoms with Crippen LogP contribution in [0.5, 0.6) is 0 Å². The van der Waals surface area contributed by atoms with Gasteiger partial charge in [-0.15, -0.1) is 0 Å². The number of aryl methyl sites for hydroxylation is 3. The first-order chi connectivity index (χ1) is 7.96. The lowest BCUT2D eigenvalue weighted by Gasteiger charge is -2.24. The van der Waals surface area contributed by atoms with Crippen LogP contribution in [0.25, 0.3) is 0 Å². The molecule has 1 aliphatic carbocycles. The molecule has 94 valence electrons. The minimum atomic E-state index is 0.405. The summed E-state index contributed by atoms with van der Waals surface area (Å²) in [5.74, 6) is 5.73. The molecule has 1 aromatic carbocycles. The van der Waals surface area contributed by atoms with E-state index in [1.807, 2.05) is 0 Å². The minimum absolute atomic E-state index is 0.405. The van der Waals surface area contributed by atoms with E-state index in [0.29, 0.717) is 11.5 Å². The molecule has 1 saturated carbocycles. The van der Waals surface area contributed by atoms with Gasteiger partial charge in [-0.2, -0.15) is 0 Å². The van der Waals surface area contributed by atoms with Gasteiger partial charge in [0.1, 0.15) is 0 Å². The first kappa shape index (κ1) is 12.6. The number of hydrazine groups is 1. The van der Waals surface area contributed by atoms with E-state index in [0.717, 1.165) is 6.42 Å². The van der Waals surface area contributed by atoms with E-state index in [1.165, 1.54) is 35.1 Å². The average Bonchev–Trinajstić information content (AvgIpc) is 2.96. The second-order valence-electron chi connectivity index (χ2n) is 5.95. The summed E-state index contributed by atoms with van der Waals surface area (Å²) in [6, 6.07) is 4.94. The largest absolute Gasteiger partial charge is 0.271 e. The molecule has 1 unspecified atom stereocenters. The van der Waals surface area contributed by atoms with Crippen LogP contribution in [-0.2, 0) is 6.42 Å². The van der Waals surface area contributed by atoms with E-state index < -0.39 is 0 Å². The first-order valence-electron chi connectivity index (χ1n) is 6.49. The van der Waals surface area contributed by atoms with Gasteiger partial charge in [-0.3, -0.25) is 11.3 Å². The van der Waals surface area contributed by atoms with Gasteiger partial charge in [-0.1, -0.05) is 24.6 Å². The highest BCUT2D eigenvalue weighted by Gasteiger charge is 2.44. The highest BCUT2D eigenvalue weighted by Crippen LogP contribution is 2.48. The van der Waals surface area contributed by atoms with E-state index in [2.05, 4.69) is 45.3 Å². The summed E-state index contributed by atoms with van der Waals surface area (Å²) in [6.07, 6.45) is 3.64. The lowest BCUT2D eigenvalue weighted by molar-refractivity contribution is 0.358. The molecule has 0 bridgehead atoms. The maximum Gasteiger partial charge on any atom is 0.0304 e. The molecule has 0 aliphatic heterocycles. The normalized spacial score (nSPS) is 19.1. The van der Waals surface area contributed by atoms with Crippen molar-refractivity contribution in [2.75, 3.05) is 0 Å². The smallest absolute Gasteiger partial charge is 0.0304 e. The van der Waals surface area contributed by atoms with Crippen LogP contribution in [0.4, 0.5) is 0 Å². The minimum Gasteiger partial charge on any atom is -0.271 e. The Kier molecular flexibility index (Phi) is 3.28. The van der Waals surface area contributed by atoms with Gasteiger partial charge in [-0.05, 0) is 62.1 Å². The summed E-state index contributed by atoms with van der Waals surface area (Å²) in [7, 11) is 0. The number of nitrogens with two attached hydrogens (primary N) is 1. The van der Waals surface area contributed by atoms with Gasteiger partial charge in [0.15, 0.2) is 0 Å². The standard InChI is InChI=1S/C15H24N2/c1-10-7-11(2)13(12(3)8-10)9-14(17-16)15(4)5-6-15/h7-8,14,17H,5-6,9,16H2,1-4H3. The van der Waals surface area contributed by atoms with Crippen molar-refractivity contribution in [3.8, 4) is 0 Å². The van der Waals surface area contributed by atoms with Crippen LogP contribution in [0.15, 0.2) is 12.1 Å². The van der Waals surface area contributed by atoms with Gasteiger partial charge in [0.2, 0.25) is 0 Å². The predicted octanol–water partition coefficient (Wildman–Crippen LogP) is 2.79. The van der Waals surface area contributed by atoms with Crippen LogP contribution in [0.3, 0.4) is 0 Å². The van der Waals surface area contributed by atoms with Crippen LogP contribution in [0.2, 0.25) is 0 Å². The zero-order valence-corrected chi connectivity index (χ0v) is 11.4. The lowest BCUT2D eigenvalue weighted by Crippen LogP contribution is -2.42. The van der Waals surface area contributed by atoms with Gasteiger partial charge in [0.05, 0.1) is 0 Å². The average molecular weight is 232 g/mol. The predicted molar refractivity (Wildman–Crippen MR) is 72.8 cm³/mol. The van der Waals surface area contributed by atoms with Crippen molar-refractivity contribution in [3.05, 3.63) is 34.4 Å². The fraction of sp³-hybridized carbons (Fsp3) is 0.600. The van der Waals surface area contributed by atoms with Crippen LogP contribution < -0.4 is 11.3 Å². The molecule has 1 atom stereocenters. The lowest BCUT2D eigenvalue weighted by atomic mass is 9.88. The number of benzene rings is 1. The number of hydrogen-bond donors (Lipinski definition) is 2. The third-order valence-electron chi connectivity index (χ3n) is 4.33. The van der Waals surface area contributed by atoms with E-state index >= 15 is 0 Å². The second-order valence-corrected chi connectivity index (χ2v) is 5.95. The van der Waals surface area contributed by atoms with Crippen molar-refractivity contribution in [2.45, 2.75) is 53.0 Å². The zero-order chi connectivity index (χ0) is 12.6. The van der Waals surface area contributed by atoms with Crippen molar-refractivity contribution < 1.29 is 0 Å². The third-order valence-corrected chi connectivity index (χ3v) is 4.33. The first-order valence-corrected chi connectivity index (χ1v) is 6.49. The molecular weight excluding hydrogens is 208 g/mol. The summed E-state index contributed by atoms with van der Waals surface area (Å²) in [5, 5.41) is 0. The van der Waals surface area contributed by atoms with Gasteiger partial charge < -0.3 is 0 Å². The number of nitrogens with one attached hydrogen (secondary N) is 1. The van der Waals surface area contributed by atoms with Gasteiger partial charge in [0.25, 0.3) is 0 Å². The Balaban J connectivity index is 2.23. The molecule has 0 radical (unpaired) electrons. The van der Waals surface area contributed by atoms with Crippen LogP contribution in [0.1, 0.15) is 42.0 Å². The highest BCUT2D eigenvalue weighted by molar-refractivity contribution is 5.38. The molecule has 1 aliphatic rings. The van der Waals surface area contributed by atoms with E-state index in [9.17, 15) is 0 Å². The SMILES string of the molecule is Cc1cc(C)c(CC(NN)C2(C)CC2)c(C)c1. The van der Waals surface area contributed by atoms with Crippen molar-refractivity contribution in [2.24, 2.45) is 11.3 Å². The summed E-state index contributed by atoms with van der Waals surface area (Å²) >= 11 is 0. The summed E-state index contributed by atoms with van der Waals surface area (Å²) in [5.41, 5.74) is 9.04. The zero-order valence-electron chi connectivity index (χ0n) is 11.4. The maximum absolute atomic E-state index is 5.73. The van der Waals surface area contributed by atoms with Gasteiger partial charge >= 0.3 is 0 Å². The van der Waals surface area contributed by atoms with Gasteiger partial charge in [-0.25, -0.2) is 0 Å². The molecule has 3 N–H and O–H groups in total. The molecule has 0 aromatic heterocycles. The topological polar surface area (TPSA) is 38.0 Å². The van der Waals surface area contributed by atoms with Crippen molar-refractivity contribution in [1.82, 2.24) is 5.43 Å². The molecule has 0 saturated heterocycles. The summed E-state index contributed by atoms with van der Waals surface area (Å²) < 4.78 is 0. The third kappa shape index (κ3) is 2.53. The molecule has 2 nitrogen and oxygen atoms in total. The molecular formula is C15H24N2. The molecule has 0 heterocycles. The fourth-order valence-corrected chi connectivity index (χ4v) is 2.79. The quantitative estimate of drug-likeness (QED) is 0.619. The summed E-state index contributed by atoms with van der Waals surface area (Å²) in [4.78, 5) is 0. The molecule has 17 heavy (non-hydrogen) atoms. The Bertz CT molecular complexity index is 396. The fourth-order valence-electron chi connectivity index (χ4n) is 2.79. The molecule has 1 aromatic rings. The Morgan fingerprint density at radius 3 is 2.18 bits per heavy atom. The highest BCUT2D eigenvalue weighted by atomic mass is 15.2. The van der Waals surface area contributed by atoms with Crippen molar-refractivity contribution >= 4 is 0 Å². The summed E-state index contributed by atoms with van der Waals surface area (Å²) in [6.45, 7) is 8.90. The molecule has 2 heteroatoms. The number of hydrogen-bond acceptors (Lipinski definition) is 2. The van der Waals surface area contributed by atoms with Crippen molar-refractivity contribution in [1.29, 1.82) is 0 Å². The van der Waals surface area contributed by atoms with E-state index in [1.54, 1.807) is 0 Å². The van der Waals surface area contributed by atoms with Crippen LogP contribution in [-0.4, -0.2) is 6.04 Å². The van der Waals surface area contributed by atoms with Crippen molar-refractivity contribution in [3.63, 3.8) is 0 Å². The van der Waals surface area contributed by atoms with Gasteiger partial charge in [0, 0.05) is 6.04 Å². The van der Waals surface area contributed by atoms with Crippen LogP contribution in [0, 0.1) is 26.2 Å². The van der Waals surface area contributed by atoms with Crippen LogP contribution >= 0.6 is 0 Å².